The zero-order valence-electron chi connectivity index (χ0n) is 10.7. The maximum atomic E-state index is 13.8. The average molecular weight is 277 g/mol. The van der Waals surface area contributed by atoms with Crippen LogP contribution in [0, 0.1) is 5.82 Å². The number of benzene rings is 1. The molecule has 1 fully saturated rings. The molecule has 0 saturated carbocycles. The fourth-order valence-corrected chi connectivity index (χ4v) is 2.19. The Balaban J connectivity index is 2.06. The number of halogens is 1. The van der Waals surface area contributed by atoms with E-state index < -0.39 is 11.8 Å². The van der Waals surface area contributed by atoms with Gasteiger partial charge in [-0.3, -0.25) is 20.1 Å². The molecule has 0 spiro atoms. The van der Waals surface area contributed by atoms with Crippen LogP contribution in [0.25, 0.3) is 10.9 Å². The SMILES string of the molecule is CNc1cc2[nH]nc(N3CCC(=O)NC3=O)c2cc1F. The lowest BCUT2D eigenvalue weighted by Gasteiger charge is -2.24. The van der Waals surface area contributed by atoms with Gasteiger partial charge in [-0.05, 0) is 12.1 Å². The largest absolute Gasteiger partial charge is 0.386 e. The molecule has 3 N–H and O–H groups in total. The number of fused-ring (bicyclic) bond motifs is 1. The van der Waals surface area contributed by atoms with Gasteiger partial charge in [-0.1, -0.05) is 0 Å². The number of anilines is 2. The van der Waals surface area contributed by atoms with Crippen LogP contribution >= 0.6 is 0 Å². The lowest BCUT2D eigenvalue weighted by molar-refractivity contribution is -0.120. The van der Waals surface area contributed by atoms with Gasteiger partial charge in [0.05, 0.1) is 11.2 Å². The molecular weight excluding hydrogens is 265 g/mol. The highest BCUT2D eigenvalue weighted by Gasteiger charge is 2.27. The van der Waals surface area contributed by atoms with Gasteiger partial charge in [-0.2, -0.15) is 5.10 Å². The fraction of sp³-hybridized carbons (Fsp3) is 0.250. The first kappa shape index (κ1) is 12.4. The Morgan fingerprint density at radius 3 is 2.90 bits per heavy atom. The van der Waals surface area contributed by atoms with E-state index in [2.05, 4.69) is 20.8 Å². The van der Waals surface area contributed by atoms with Gasteiger partial charge >= 0.3 is 6.03 Å². The number of imide groups is 1. The minimum atomic E-state index is -0.548. The molecule has 0 radical (unpaired) electrons. The van der Waals surface area contributed by atoms with Crippen LogP contribution in [-0.2, 0) is 4.79 Å². The molecule has 0 unspecified atom stereocenters. The molecule has 8 heteroatoms. The number of aromatic nitrogens is 2. The van der Waals surface area contributed by atoms with Crippen LogP contribution in [-0.4, -0.2) is 35.7 Å². The zero-order valence-corrected chi connectivity index (χ0v) is 10.7. The van der Waals surface area contributed by atoms with Crippen molar-refractivity contribution in [3.05, 3.63) is 17.9 Å². The van der Waals surface area contributed by atoms with Gasteiger partial charge in [-0.15, -0.1) is 0 Å². The number of carbonyl (C=O) groups is 2. The van der Waals surface area contributed by atoms with Crippen molar-refractivity contribution in [2.45, 2.75) is 6.42 Å². The monoisotopic (exact) mass is 277 g/mol. The van der Waals surface area contributed by atoms with E-state index in [9.17, 15) is 14.0 Å². The van der Waals surface area contributed by atoms with E-state index in [1.807, 2.05) is 0 Å². The summed E-state index contributed by atoms with van der Waals surface area (Å²) in [5.74, 6) is -0.447. The molecule has 1 aromatic carbocycles. The van der Waals surface area contributed by atoms with Crippen molar-refractivity contribution < 1.29 is 14.0 Å². The number of nitrogens with one attached hydrogen (secondary N) is 3. The highest BCUT2D eigenvalue weighted by molar-refractivity contribution is 6.08. The maximum absolute atomic E-state index is 13.8. The molecule has 2 aromatic rings. The van der Waals surface area contributed by atoms with Gasteiger partial charge in [0.2, 0.25) is 5.91 Å². The third-order valence-corrected chi connectivity index (χ3v) is 3.21. The van der Waals surface area contributed by atoms with Crippen molar-refractivity contribution in [3.63, 3.8) is 0 Å². The minimum Gasteiger partial charge on any atom is -0.386 e. The number of rotatable bonds is 2. The minimum absolute atomic E-state index is 0.192. The van der Waals surface area contributed by atoms with Crippen molar-refractivity contribution in [2.24, 2.45) is 0 Å². The number of amides is 3. The smallest absolute Gasteiger partial charge is 0.329 e. The first-order valence-electron chi connectivity index (χ1n) is 6.07. The number of hydrogen-bond donors (Lipinski definition) is 3. The Kier molecular flexibility index (Phi) is 2.78. The standard InChI is InChI=1S/C12H12FN5O2/c1-14-9-5-8-6(4-7(9)13)11(17-16-8)18-3-2-10(19)15-12(18)20/h4-5,14H,2-3H2,1H3,(H,16,17)(H,15,19,20). The number of hydrogen-bond acceptors (Lipinski definition) is 4. The summed E-state index contributed by atoms with van der Waals surface area (Å²) < 4.78 is 13.8. The quantitative estimate of drug-likeness (QED) is 0.769. The van der Waals surface area contributed by atoms with Gasteiger partial charge in [-0.25, -0.2) is 9.18 Å². The molecule has 7 nitrogen and oxygen atoms in total. The summed E-state index contributed by atoms with van der Waals surface area (Å²) in [4.78, 5) is 24.2. The number of aromatic amines is 1. The molecule has 104 valence electrons. The highest BCUT2D eigenvalue weighted by atomic mass is 19.1. The summed E-state index contributed by atoms with van der Waals surface area (Å²) in [7, 11) is 1.62. The summed E-state index contributed by atoms with van der Waals surface area (Å²) >= 11 is 0. The Bertz CT molecular complexity index is 711. The first-order chi connectivity index (χ1) is 9.60. The first-order valence-corrected chi connectivity index (χ1v) is 6.07. The lowest BCUT2D eigenvalue weighted by atomic mass is 10.2. The van der Waals surface area contributed by atoms with Crippen LogP contribution in [0.15, 0.2) is 12.1 Å². The van der Waals surface area contributed by atoms with Crippen LogP contribution in [0.2, 0.25) is 0 Å². The van der Waals surface area contributed by atoms with Gasteiger partial charge in [0.1, 0.15) is 5.82 Å². The normalized spacial score (nSPS) is 15.6. The Hall–Kier alpha value is -2.64. The predicted octanol–water partition coefficient (Wildman–Crippen LogP) is 1.19. The molecule has 3 rings (SSSR count). The molecule has 20 heavy (non-hydrogen) atoms. The summed E-state index contributed by atoms with van der Waals surface area (Å²) in [6, 6.07) is 2.34. The van der Waals surface area contributed by atoms with Crippen molar-refractivity contribution >= 4 is 34.3 Å². The van der Waals surface area contributed by atoms with E-state index in [4.69, 9.17) is 0 Å². The number of urea groups is 1. The van der Waals surface area contributed by atoms with Crippen LogP contribution in [0.4, 0.5) is 20.7 Å². The number of nitrogens with zero attached hydrogens (tertiary/aromatic N) is 2. The van der Waals surface area contributed by atoms with Crippen molar-refractivity contribution in [1.29, 1.82) is 0 Å². The molecule has 0 atom stereocenters. The van der Waals surface area contributed by atoms with E-state index in [1.54, 1.807) is 13.1 Å². The van der Waals surface area contributed by atoms with Gasteiger partial charge in [0.25, 0.3) is 0 Å². The second-order valence-electron chi connectivity index (χ2n) is 4.43. The summed E-state index contributed by atoms with van der Waals surface area (Å²) in [6.07, 6.45) is 0.192. The Morgan fingerprint density at radius 2 is 2.20 bits per heavy atom. The van der Waals surface area contributed by atoms with Crippen molar-refractivity contribution in [1.82, 2.24) is 15.5 Å². The second kappa shape index (κ2) is 4.48. The molecule has 2 heterocycles. The maximum Gasteiger partial charge on any atom is 0.329 e. The Morgan fingerprint density at radius 1 is 1.40 bits per heavy atom. The van der Waals surface area contributed by atoms with Crippen LogP contribution < -0.4 is 15.5 Å². The average Bonchev–Trinajstić information content (AvgIpc) is 2.80. The van der Waals surface area contributed by atoms with E-state index >= 15 is 0 Å². The zero-order chi connectivity index (χ0) is 14.3. The van der Waals surface area contributed by atoms with Crippen LogP contribution in [0.1, 0.15) is 6.42 Å². The molecular formula is C12H12FN5O2. The Labute approximate surface area is 113 Å². The summed E-state index contributed by atoms with van der Waals surface area (Å²) in [5, 5.41) is 12.2. The molecule has 1 aromatic heterocycles. The van der Waals surface area contributed by atoms with Gasteiger partial charge in [0.15, 0.2) is 5.82 Å². The van der Waals surface area contributed by atoms with E-state index in [0.29, 0.717) is 22.4 Å². The topological polar surface area (TPSA) is 90.1 Å². The lowest BCUT2D eigenvalue weighted by Crippen LogP contribution is -2.49. The number of carbonyl (C=O) groups excluding carboxylic acids is 2. The molecule has 0 aliphatic carbocycles. The van der Waals surface area contributed by atoms with Crippen molar-refractivity contribution in [3.8, 4) is 0 Å². The molecule has 1 aliphatic heterocycles. The third-order valence-electron chi connectivity index (χ3n) is 3.21. The highest BCUT2D eigenvalue weighted by Crippen LogP contribution is 2.29. The molecule has 1 aliphatic rings. The summed E-state index contributed by atoms with van der Waals surface area (Å²) in [6.45, 7) is 0.222. The molecule has 3 amide bonds. The van der Waals surface area contributed by atoms with E-state index in [-0.39, 0.29) is 18.9 Å². The van der Waals surface area contributed by atoms with Crippen LogP contribution in [0.3, 0.4) is 0 Å². The van der Waals surface area contributed by atoms with Crippen LogP contribution in [0.5, 0.6) is 0 Å². The predicted molar refractivity (Wildman–Crippen MR) is 71.1 cm³/mol. The van der Waals surface area contributed by atoms with E-state index in [0.717, 1.165) is 0 Å². The number of H-pyrrole nitrogens is 1. The fourth-order valence-electron chi connectivity index (χ4n) is 2.19. The van der Waals surface area contributed by atoms with Gasteiger partial charge in [0, 0.05) is 25.4 Å². The van der Waals surface area contributed by atoms with E-state index in [1.165, 1.54) is 11.0 Å². The summed E-state index contributed by atoms with van der Waals surface area (Å²) in [5.41, 5.74) is 0.946. The third kappa shape index (κ3) is 1.85. The second-order valence-corrected chi connectivity index (χ2v) is 4.43. The molecule has 1 saturated heterocycles. The van der Waals surface area contributed by atoms with Gasteiger partial charge < -0.3 is 5.32 Å². The van der Waals surface area contributed by atoms with Crippen molar-refractivity contribution in [2.75, 3.05) is 23.8 Å². The molecule has 0 bridgehead atoms.